The predicted octanol–water partition coefficient (Wildman–Crippen LogP) is -0.533. The summed E-state index contributed by atoms with van der Waals surface area (Å²) in [6, 6.07) is 6.17. The first-order valence-corrected chi connectivity index (χ1v) is 6.22. The SMILES string of the molecule is O=C(COc1ccc(O)cc1)NCC1CNCC1O. The minimum atomic E-state index is -0.404. The van der Waals surface area contributed by atoms with E-state index in [1.54, 1.807) is 12.1 Å². The molecule has 1 aromatic carbocycles. The number of rotatable bonds is 5. The van der Waals surface area contributed by atoms with Gasteiger partial charge in [0.2, 0.25) is 0 Å². The average Bonchev–Trinajstić information content (AvgIpc) is 2.81. The summed E-state index contributed by atoms with van der Waals surface area (Å²) in [5.41, 5.74) is 0. The molecule has 1 aliphatic heterocycles. The van der Waals surface area contributed by atoms with Crippen LogP contribution < -0.4 is 15.4 Å². The smallest absolute Gasteiger partial charge is 0.257 e. The molecular formula is C13H18N2O4. The van der Waals surface area contributed by atoms with Gasteiger partial charge in [-0.1, -0.05) is 0 Å². The molecule has 0 saturated carbocycles. The molecular weight excluding hydrogens is 248 g/mol. The van der Waals surface area contributed by atoms with Crippen LogP contribution in [-0.2, 0) is 4.79 Å². The highest BCUT2D eigenvalue weighted by atomic mass is 16.5. The van der Waals surface area contributed by atoms with E-state index in [1.165, 1.54) is 12.1 Å². The van der Waals surface area contributed by atoms with Gasteiger partial charge in [0.25, 0.3) is 5.91 Å². The molecule has 1 amide bonds. The van der Waals surface area contributed by atoms with Crippen molar-refractivity contribution in [2.45, 2.75) is 6.10 Å². The Morgan fingerprint density at radius 1 is 1.37 bits per heavy atom. The Labute approximate surface area is 111 Å². The van der Waals surface area contributed by atoms with Crippen molar-refractivity contribution in [3.8, 4) is 11.5 Å². The van der Waals surface area contributed by atoms with E-state index in [-0.39, 0.29) is 24.2 Å². The Balaban J connectivity index is 1.68. The van der Waals surface area contributed by atoms with E-state index in [9.17, 15) is 9.90 Å². The second-order valence-corrected chi connectivity index (χ2v) is 4.57. The van der Waals surface area contributed by atoms with Gasteiger partial charge in [0.05, 0.1) is 6.10 Å². The van der Waals surface area contributed by atoms with Crippen molar-refractivity contribution in [3.63, 3.8) is 0 Å². The Morgan fingerprint density at radius 2 is 2.11 bits per heavy atom. The van der Waals surface area contributed by atoms with Crippen LogP contribution in [0.1, 0.15) is 0 Å². The highest BCUT2D eigenvalue weighted by Gasteiger charge is 2.24. The third-order valence-corrected chi connectivity index (χ3v) is 3.07. The molecule has 0 radical (unpaired) electrons. The lowest BCUT2D eigenvalue weighted by molar-refractivity contribution is -0.123. The third-order valence-electron chi connectivity index (χ3n) is 3.07. The summed E-state index contributed by atoms with van der Waals surface area (Å²) >= 11 is 0. The molecule has 1 aliphatic rings. The van der Waals surface area contributed by atoms with Gasteiger partial charge < -0.3 is 25.6 Å². The van der Waals surface area contributed by atoms with E-state index in [2.05, 4.69) is 10.6 Å². The Bertz CT molecular complexity index is 421. The van der Waals surface area contributed by atoms with Crippen molar-refractivity contribution < 1.29 is 19.7 Å². The first kappa shape index (κ1) is 13.6. The summed E-state index contributed by atoms with van der Waals surface area (Å²) in [5.74, 6) is 0.500. The van der Waals surface area contributed by atoms with Gasteiger partial charge >= 0.3 is 0 Å². The molecule has 0 bridgehead atoms. The number of benzene rings is 1. The molecule has 0 aromatic heterocycles. The zero-order valence-corrected chi connectivity index (χ0v) is 10.5. The van der Waals surface area contributed by atoms with E-state index in [0.717, 1.165) is 0 Å². The number of aromatic hydroxyl groups is 1. The number of nitrogens with one attached hydrogen (secondary N) is 2. The van der Waals surface area contributed by atoms with Gasteiger partial charge in [-0.05, 0) is 24.3 Å². The number of ether oxygens (including phenoxy) is 1. The fourth-order valence-electron chi connectivity index (χ4n) is 1.91. The van der Waals surface area contributed by atoms with Crippen LogP contribution in [0.15, 0.2) is 24.3 Å². The van der Waals surface area contributed by atoms with Crippen molar-refractivity contribution in [1.82, 2.24) is 10.6 Å². The fourth-order valence-corrected chi connectivity index (χ4v) is 1.91. The topological polar surface area (TPSA) is 90.8 Å². The summed E-state index contributed by atoms with van der Waals surface area (Å²) in [6.07, 6.45) is -0.404. The zero-order chi connectivity index (χ0) is 13.7. The van der Waals surface area contributed by atoms with E-state index in [4.69, 9.17) is 9.84 Å². The second-order valence-electron chi connectivity index (χ2n) is 4.57. The minimum Gasteiger partial charge on any atom is -0.508 e. The number of carbonyl (C=O) groups excluding carboxylic acids is 1. The lowest BCUT2D eigenvalue weighted by atomic mass is 10.1. The molecule has 1 aromatic rings. The van der Waals surface area contributed by atoms with Crippen LogP contribution in [0.4, 0.5) is 0 Å². The Kier molecular flexibility index (Phi) is 4.59. The van der Waals surface area contributed by atoms with Crippen molar-refractivity contribution in [3.05, 3.63) is 24.3 Å². The first-order valence-electron chi connectivity index (χ1n) is 6.22. The van der Waals surface area contributed by atoms with E-state index >= 15 is 0 Å². The number of phenols is 1. The van der Waals surface area contributed by atoms with Crippen LogP contribution in [-0.4, -0.2) is 48.5 Å². The van der Waals surface area contributed by atoms with Crippen molar-refractivity contribution in [1.29, 1.82) is 0 Å². The van der Waals surface area contributed by atoms with Crippen LogP contribution in [0.5, 0.6) is 11.5 Å². The van der Waals surface area contributed by atoms with Crippen LogP contribution in [0.3, 0.4) is 0 Å². The summed E-state index contributed by atoms with van der Waals surface area (Å²) in [7, 11) is 0. The van der Waals surface area contributed by atoms with Crippen molar-refractivity contribution in [2.24, 2.45) is 5.92 Å². The maximum atomic E-state index is 11.6. The summed E-state index contributed by atoms with van der Waals surface area (Å²) in [6.45, 7) is 1.64. The quantitative estimate of drug-likeness (QED) is 0.575. The standard InChI is InChI=1S/C13H18N2O4/c16-10-1-3-11(4-2-10)19-8-13(18)15-6-9-5-14-7-12(9)17/h1-4,9,12,14,16-17H,5-8H2,(H,15,18). The van der Waals surface area contributed by atoms with Crippen molar-refractivity contribution in [2.75, 3.05) is 26.2 Å². The third kappa shape index (κ3) is 4.11. The number of hydrogen-bond acceptors (Lipinski definition) is 5. The second kappa shape index (κ2) is 6.40. The summed E-state index contributed by atoms with van der Waals surface area (Å²) in [5, 5.41) is 24.4. The number of aliphatic hydroxyl groups excluding tert-OH is 1. The minimum absolute atomic E-state index is 0.0534. The van der Waals surface area contributed by atoms with Gasteiger partial charge in [-0.15, -0.1) is 0 Å². The van der Waals surface area contributed by atoms with Gasteiger partial charge in [0.1, 0.15) is 11.5 Å². The van der Waals surface area contributed by atoms with Crippen LogP contribution in [0.25, 0.3) is 0 Å². The molecule has 6 nitrogen and oxygen atoms in total. The Morgan fingerprint density at radius 3 is 2.74 bits per heavy atom. The number of β-amino-alcohol motifs (C(OH)–C–C–N with tert-alkyl or cyclic N) is 1. The van der Waals surface area contributed by atoms with Gasteiger partial charge in [-0.25, -0.2) is 0 Å². The van der Waals surface area contributed by atoms with Crippen LogP contribution >= 0.6 is 0 Å². The van der Waals surface area contributed by atoms with Crippen LogP contribution in [0, 0.1) is 5.92 Å². The fraction of sp³-hybridized carbons (Fsp3) is 0.462. The molecule has 2 unspecified atom stereocenters. The van der Waals surface area contributed by atoms with E-state index in [1.807, 2.05) is 0 Å². The highest BCUT2D eigenvalue weighted by Crippen LogP contribution is 2.15. The monoisotopic (exact) mass is 266 g/mol. The van der Waals surface area contributed by atoms with Gasteiger partial charge in [0, 0.05) is 25.6 Å². The average molecular weight is 266 g/mol. The molecule has 6 heteroatoms. The largest absolute Gasteiger partial charge is 0.508 e. The molecule has 1 saturated heterocycles. The normalized spacial score (nSPS) is 22.2. The number of amides is 1. The van der Waals surface area contributed by atoms with E-state index in [0.29, 0.717) is 25.4 Å². The molecule has 2 rings (SSSR count). The molecule has 104 valence electrons. The maximum absolute atomic E-state index is 11.6. The van der Waals surface area contributed by atoms with Crippen molar-refractivity contribution >= 4 is 5.91 Å². The molecule has 0 spiro atoms. The molecule has 4 N–H and O–H groups in total. The van der Waals surface area contributed by atoms with Gasteiger partial charge in [-0.3, -0.25) is 4.79 Å². The summed E-state index contributed by atoms with van der Waals surface area (Å²) < 4.78 is 5.26. The van der Waals surface area contributed by atoms with Gasteiger partial charge in [0.15, 0.2) is 6.61 Å². The Hall–Kier alpha value is -1.79. The lowest BCUT2D eigenvalue weighted by Crippen LogP contribution is -2.36. The molecule has 1 heterocycles. The number of hydrogen-bond donors (Lipinski definition) is 4. The molecule has 19 heavy (non-hydrogen) atoms. The highest BCUT2D eigenvalue weighted by molar-refractivity contribution is 5.77. The summed E-state index contributed by atoms with van der Waals surface area (Å²) in [4.78, 5) is 11.6. The lowest BCUT2D eigenvalue weighted by Gasteiger charge is -2.14. The molecule has 2 atom stereocenters. The first-order chi connectivity index (χ1) is 9.15. The van der Waals surface area contributed by atoms with Gasteiger partial charge in [-0.2, -0.15) is 0 Å². The number of phenolic OH excluding ortho intramolecular Hbond substituents is 1. The molecule has 1 fully saturated rings. The predicted molar refractivity (Wildman–Crippen MR) is 69.0 cm³/mol. The number of carbonyl (C=O) groups is 1. The van der Waals surface area contributed by atoms with Crippen LogP contribution in [0.2, 0.25) is 0 Å². The zero-order valence-electron chi connectivity index (χ0n) is 10.5. The van der Waals surface area contributed by atoms with E-state index < -0.39 is 6.10 Å². The number of aliphatic hydroxyl groups is 1. The maximum Gasteiger partial charge on any atom is 0.257 e. The molecule has 0 aliphatic carbocycles.